The second kappa shape index (κ2) is 5.65. The standard InChI is InChI=1S/C13H12Br2OS/c1-2-9-4-6-12(17-9)13(16)10-7-8(14)3-5-11(10)15/h3-7,13,16H,2H2,1H3. The number of rotatable bonds is 3. The van der Waals surface area contributed by atoms with Crippen LogP contribution in [0.2, 0.25) is 0 Å². The molecule has 0 aliphatic carbocycles. The number of aliphatic hydroxyl groups excluding tert-OH is 1. The fraction of sp³-hybridized carbons (Fsp3) is 0.231. The zero-order valence-corrected chi connectivity index (χ0v) is 13.3. The van der Waals surface area contributed by atoms with Gasteiger partial charge < -0.3 is 5.11 Å². The number of aliphatic hydroxyl groups is 1. The molecule has 1 aromatic carbocycles. The molecule has 0 spiro atoms. The summed E-state index contributed by atoms with van der Waals surface area (Å²) in [5, 5.41) is 10.4. The van der Waals surface area contributed by atoms with Gasteiger partial charge in [0.2, 0.25) is 0 Å². The van der Waals surface area contributed by atoms with Crippen molar-refractivity contribution in [3.05, 3.63) is 54.6 Å². The maximum atomic E-state index is 10.4. The predicted molar refractivity (Wildman–Crippen MR) is 79.6 cm³/mol. The number of halogens is 2. The summed E-state index contributed by atoms with van der Waals surface area (Å²) in [6.45, 7) is 2.12. The third-order valence-corrected chi connectivity index (χ3v) is 5.05. The minimum atomic E-state index is -0.563. The van der Waals surface area contributed by atoms with E-state index in [0.29, 0.717) is 0 Å². The number of hydrogen-bond donors (Lipinski definition) is 1. The lowest BCUT2D eigenvalue weighted by atomic mass is 10.1. The SMILES string of the molecule is CCc1ccc(C(O)c2cc(Br)ccc2Br)s1. The lowest BCUT2D eigenvalue weighted by molar-refractivity contribution is 0.223. The Morgan fingerprint density at radius 2 is 2.00 bits per heavy atom. The minimum absolute atomic E-state index is 0.563. The van der Waals surface area contributed by atoms with Gasteiger partial charge in [0.1, 0.15) is 6.10 Å². The first-order valence-electron chi connectivity index (χ1n) is 5.33. The summed E-state index contributed by atoms with van der Waals surface area (Å²) in [7, 11) is 0. The van der Waals surface area contributed by atoms with Crippen LogP contribution >= 0.6 is 43.2 Å². The highest BCUT2D eigenvalue weighted by Crippen LogP contribution is 2.34. The monoisotopic (exact) mass is 374 g/mol. The molecule has 0 amide bonds. The largest absolute Gasteiger partial charge is 0.383 e. The van der Waals surface area contributed by atoms with E-state index in [1.165, 1.54) is 4.88 Å². The first-order valence-corrected chi connectivity index (χ1v) is 7.73. The van der Waals surface area contributed by atoms with E-state index in [0.717, 1.165) is 25.8 Å². The lowest BCUT2D eigenvalue weighted by Crippen LogP contribution is -1.98. The van der Waals surface area contributed by atoms with E-state index in [1.54, 1.807) is 11.3 Å². The molecular formula is C13H12Br2OS. The van der Waals surface area contributed by atoms with Crippen molar-refractivity contribution in [1.29, 1.82) is 0 Å². The molecule has 2 aromatic rings. The van der Waals surface area contributed by atoms with Gasteiger partial charge in [0.15, 0.2) is 0 Å². The average molecular weight is 376 g/mol. The van der Waals surface area contributed by atoms with Gasteiger partial charge in [0.25, 0.3) is 0 Å². The summed E-state index contributed by atoms with van der Waals surface area (Å²) >= 11 is 8.57. The van der Waals surface area contributed by atoms with Crippen LogP contribution in [0, 0.1) is 0 Å². The van der Waals surface area contributed by atoms with Crippen LogP contribution in [0.4, 0.5) is 0 Å². The first-order chi connectivity index (χ1) is 8.11. The molecule has 90 valence electrons. The van der Waals surface area contributed by atoms with Gasteiger partial charge in [-0.05, 0) is 36.8 Å². The molecule has 0 aliphatic rings. The number of thiophene rings is 1. The summed E-state index contributed by atoms with van der Waals surface area (Å²) < 4.78 is 1.90. The second-order valence-electron chi connectivity index (χ2n) is 3.73. The topological polar surface area (TPSA) is 20.2 Å². The Morgan fingerprint density at radius 3 is 2.65 bits per heavy atom. The van der Waals surface area contributed by atoms with Crippen molar-refractivity contribution in [1.82, 2.24) is 0 Å². The Morgan fingerprint density at radius 1 is 1.24 bits per heavy atom. The molecule has 0 radical (unpaired) electrons. The van der Waals surface area contributed by atoms with Crippen molar-refractivity contribution < 1.29 is 5.11 Å². The molecule has 2 rings (SSSR count). The van der Waals surface area contributed by atoms with Crippen LogP contribution in [-0.2, 0) is 6.42 Å². The van der Waals surface area contributed by atoms with Crippen molar-refractivity contribution in [3.63, 3.8) is 0 Å². The fourth-order valence-corrected chi connectivity index (χ4v) is 3.41. The Bertz CT molecular complexity index is 522. The van der Waals surface area contributed by atoms with E-state index in [9.17, 15) is 5.11 Å². The number of hydrogen-bond acceptors (Lipinski definition) is 2. The van der Waals surface area contributed by atoms with Crippen LogP contribution < -0.4 is 0 Å². The molecule has 0 saturated heterocycles. The highest BCUT2D eigenvalue weighted by Gasteiger charge is 2.15. The smallest absolute Gasteiger partial charge is 0.114 e. The van der Waals surface area contributed by atoms with E-state index in [-0.39, 0.29) is 0 Å². The van der Waals surface area contributed by atoms with Crippen molar-refractivity contribution in [2.45, 2.75) is 19.4 Å². The highest BCUT2D eigenvalue weighted by atomic mass is 79.9. The van der Waals surface area contributed by atoms with Crippen LogP contribution in [0.25, 0.3) is 0 Å². The Hall–Kier alpha value is -0.160. The Balaban J connectivity index is 2.35. The molecule has 1 heterocycles. The van der Waals surface area contributed by atoms with Crippen LogP contribution in [0.1, 0.15) is 28.3 Å². The Kier molecular flexibility index (Phi) is 4.42. The molecule has 4 heteroatoms. The van der Waals surface area contributed by atoms with Crippen molar-refractivity contribution in [2.75, 3.05) is 0 Å². The minimum Gasteiger partial charge on any atom is -0.383 e. The predicted octanol–water partition coefficient (Wildman–Crippen LogP) is 4.92. The molecule has 1 N–H and O–H groups in total. The van der Waals surface area contributed by atoms with Gasteiger partial charge >= 0.3 is 0 Å². The van der Waals surface area contributed by atoms with Gasteiger partial charge in [0, 0.05) is 24.3 Å². The molecule has 0 bridgehead atoms. The van der Waals surface area contributed by atoms with Crippen molar-refractivity contribution >= 4 is 43.2 Å². The summed E-state index contributed by atoms with van der Waals surface area (Å²) in [4.78, 5) is 2.28. The quantitative estimate of drug-likeness (QED) is 0.807. The van der Waals surface area contributed by atoms with Crippen molar-refractivity contribution in [3.8, 4) is 0 Å². The molecule has 0 fully saturated rings. The normalized spacial score (nSPS) is 12.7. The molecule has 1 aromatic heterocycles. The summed E-state index contributed by atoms with van der Waals surface area (Å²) in [5.41, 5.74) is 0.892. The van der Waals surface area contributed by atoms with E-state index in [4.69, 9.17) is 0 Å². The molecule has 1 atom stereocenters. The van der Waals surface area contributed by atoms with Crippen LogP contribution in [0.15, 0.2) is 39.3 Å². The second-order valence-corrected chi connectivity index (χ2v) is 6.70. The highest BCUT2D eigenvalue weighted by molar-refractivity contribution is 9.11. The Labute approximate surface area is 122 Å². The van der Waals surface area contributed by atoms with Gasteiger partial charge in [-0.2, -0.15) is 0 Å². The third-order valence-electron chi connectivity index (χ3n) is 2.55. The van der Waals surface area contributed by atoms with Gasteiger partial charge in [-0.1, -0.05) is 38.8 Å². The van der Waals surface area contributed by atoms with Gasteiger partial charge in [-0.25, -0.2) is 0 Å². The fourth-order valence-electron chi connectivity index (χ4n) is 1.61. The molecule has 1 unspecified atom stereocenters. The third kappa shape index (κ3) is 2.99. The molecule has 1 nitrogen and oxygen atoms in total. The first kappa shape index (κ1) is 13.3. The van der Waals surface area contributed by atoms with Gasteiger partial charge in [0.05, 0.1) is 0 Å². The maximum absolute atomic E-state index is 10.4. The van der Waals surface area contributed by atoms with E-state index in [1.807, 2.05) is 24.3 Å². The molecule has 0 aliphatic heterocycles. The summed E-state index contributed by atoms with van der Waals surface area (Å²) in [6.07, 6.45) is 0.448. The average Bonchev–Trinajstić information content (AvgIpc) is 2.80. The van der Waals surface area contributed by atoms with Gasteiger partial charge in [-0.15, -0.1) is 11.3 Å². The number of aryl methyl sites for hydroxylation is 1. The lowest BCUT2D eigenvalue weighted by Gasteiger charge is -2.11. The van der Waals surface area contributed by atoms with Crippen LogP contribution in [0.5, 0.6) is 0 Å². The van der Waals surface area contributed by atoms with Crippen LogP contribution in [-0.4, -0.2) is 5.11 Å². The molecule has 17 heavy (non-hydrogen) atoms. The zero-order chi connectivity index (χ0) is 12.4. The maximum Gasteiger partial charge on any atom is 0.114 e. The van der Waals surface area contributed by atoms with E-state index >= 15 is 0 Å². The van der Waals surface area contributed by atoms with E-state index < -0.39 is 6.10 Å². The molecule has 0 saturated carbocycles. The summed E-state index contributed by atoms with van der Waals surface area (Å²) in [5.74, 6) is 0. The summed E-state index contributed by atoms with van der Waals surface area (Å²) in [6, 6.07) is 9.92. The van der Waals surface area contributed by atoms with Crippen molar-refractivity contribution in [2.24, 2.45) is 0 Å². The van der Waals surface area contributed by atoms with E-state index in [2.05, 4.69) is 44.8 Å². The van der Waals surface area contributed by atoms with Gasteiger partial charge in [-0.3, -0.25) is 0 Å². The number of benzene rings is 1. The molecular weight excluding hydrogens is 364 g/mol. The zero-order valence-electron chi connectivity index (χ0n) is 9.28. The van der Waals surface area contributed by atoms with Crippen LogP contribution in [0.3, 0.4) is 0 Å².